The summed E-state index contributed by atoms with van der Waals surface area (Å²) >= 11 is 3.11. The molecular weight excluding hydrogens is 200 g/mol. The Labute approximate surface area is 66.5 Å². The van der Waals surface area contributed by atoms with Crippen molar-refractivity contribution in [2.75, 3.05) is 6.54 Å². The first-order valence-corrected chi connectivity index (χ1v) is 3.79. The van der Waals surface area contributed by atoms with Gasteiger partial charge in [-0.25, -0.2) is 4.79 Å². The standard InChI is InChI=1S/C5H7BrN2O2/c6-3-1-2-8(4(3)9)5(7)10/h3H,1-2H2,(H2,7,10). The van der Waals surface area contributed by atoms with Gasteiger partial charge < -0.3 is 5.73 Å². The molecule has 56 valence electrons. The number of imide groups is 1. The van der Waals surface area contributed by atoms with Gasteiger partial charge in [0.05, 0.1) is 4.83 Å². The Kier molecular flexibility index (Phi) is 1.94. The monoisotopic (exact) mass is 206 g/mol. The maximum absolute atomic E-state index is 10.9. The van der Waals surface area contributed by atoms with Crippen LogP contribution in [0.15, 0.2) is 0 Å². The van der Waals surface area contributed by atoms with Crippen LogP contribution in [-0.2, 0) is 4.79 Å². The molecule has 0 aromatic rings. The van der Waals surface area contributed by atoms with Gasteiger partial charge in [0.2, 0.25) is 5.91 Å². The lowest BCUT2D eigenvalue weighted by Gasteiger charge is -2.08. The number of carbonyl (C=O) groups is 2. The van der Waals surface area contributed by atoms with Crippen LogP contribution in [0.5, 0.6) is 0 Å². The van der Waals surface area contributed by atoms with Crippen molar-refractivity contribution in [1.82, 2.24) is 4.90 Å². The molecule has 0 spiro atoms. The van der Waals surface area contributed by atoms with E-state index in [-0.39, 0.29) is 10.7 Å². The van der Waals surface area contributed by atoms with E-state index in [1.165, 1.54) is 0 Å². The molecular formula is C5H7BrN2O2. The van der Waals surface area contributed by atoms with Gasteiger partial charge in [0, 0.05) is 6.54 Å². The fourth-order valence-corrected chi connectivity index (χ4v) is 1.32. The molecule has 1 atom stereocenters. The lowest BCUT2D eigenvalue weighted by molar-refractivity contribution is -0.124. The number of rotatable bonds is 0. The summed E-state index contributed by atoms with van der Waals surface area (Å²) in [5.74, 6) is -0.229. The number of nitrogens with two attached hydrogens (primary N) is 1. The average Bonchev–Trinajstić information content (AvgIpc) is 2.14. The molecule has 0 radical (unpaired) electrons. The van der Waals surface area contributed by atoms with Gasteiger partial charge in [0.25, 0.3) is 0 Å². The molecule has 4 nitrogen and oxygen atoms in total. The van der Waals surface area contributed by atoms with E-state index in [9.17, 15) is 9.59 Å². The Hall–Kier alpha value is -0.580. The molecule has 0 aromatic heterocycles. The first kappa shape index (κ1) is 7.53. The molecule has 1 heterocycles. The summed E-state index contributed by atoms with van der Waals surface area (Å²) < 4.78 is 0. The molecule has 1 rings (SSSR count). The Morgan fingerprint density at radius 3 is 2.60 bits per heavy atom. The third kappa shape index (κ3) is 1.13. The fraction of sp³-hybridized carbons (Fsp3) is 0.600. The highest BCUT2D eigenvalue weighted by Gasteiger charge is 2.32. The van der Waals surface area contributed by atoms with Crippen molar-refractivity contribution in [3.63, 3.8) is 0 Å². The van der Waals surface area contributed by atoms with E-state index in [1.54, 1.807) is 0 Å². The molecule has 1 aliphatic rings. The molecule has 2 N–H and O–H groups in total. The van der Waals surface area contributed by atoms with Crippen LogP contribution in [0.4, 0.5) is 4.79 Å². The fourth-order valence-electron chi connectivity index (χ4n) is 0.864. The van der Waals surface area contributed by atoms with Crippen LogP contribution in [0.3, 0.4) is 0 Å². The molecule has 1 fully saturated rings. The van der Waals surface area contributed by atoms with Gasteiger partial charge in [0.15, 0.2) is 0 Å². The number of hydrogen-bond acceptors (Lipinski definition) is 2. The Morgan fingerprint density at radius 1 is 1.80 bits per heavy atom. The quantitative estimate of drug-likeness (QED) is 0.571. The number of primary amides is 1. The van der Waals surface area contributed by atoms with Gasteiger partial charge in [-0.2, -0.15) is 0 Å². The third-order valence-electron chi connectivity index (χ3n) is 1.41. The summed E-state index contributed by atoms with van der Waals surface area (Å²) in [7, 11) is 0. The summed E-state index contributed by atoms with van der Waals surface area (Å²) in [6.45, 7) is 0.435. The number of carbonyl (C=O) groups excluding carboxylic acids is 2. The SMILES string of the molecule is NC(=O)N1CCC(Br)C1=O. The zero-order chi connectivity index (χ0) is 7.72. The Morgan fingerprint density at radius 2 is 2.40 bits per heavy atom. The van der Waals surface area contributed by atoms with Gasteiger partial charge >= 0.3 is 6.03 Å². The first-order valence-electron chi connectivity index (χ1n) is 2.88. The van der Waals surface area contributed by atoms with Gasteiger partial charge in [-0.05, 0) is 6.42 Å². The summed E-state index contributed by atoms with van der Waals surface area (Å²) in [5, 5.41) is 0. The third-order valence-corrected chi connectivity index (χ3v) is 2.26. The highest BCUT2D eigenvalue weighted by Crippen LogP contribution is 2.17. The van der Waals surface area contributed by atoms with Crippen LogP contribution in [0.25, 0.3) is 0 Å². The van der Waals surface area contributed by atoms with Crippen molar-refractivity contribution in [1.29, 1.82) is 0 Å². The highest BCUT2D eigenvalue weighted by molar-refractivity contribution is 9.10. The molecule has 1 aliphatic heterocycles. The zero-order valence-corrected chi connectivity index (χ0v) is 6.80. The molecule has 1 unspecified atom stereocenters. The summed E-state index contributed by atoms with van der Waals surface area (Å²) in [5.41, 5.74) is 4.90. The maximum Gasteiger partial charge on any atom is 0.321 e. The summed E-state index contributed by atoms with van der Waals surface area (Å²) in [4.78, 5) is 22.2. The second-order valence-electron chi connectivity index (χ2n) is 2.08. The molecule has 5 heteroatoms. The molecule has 0 saturated carbocycles. The van der Waals surface area contributed by atoms with E-state index in [2.05, 4.69) is 15.9 Å². The van der Waals surface area contributed by atoms with Crippen LogP contribution in [0, 0.1) is 0 Å². The number of amides is 3. The number of alkyl halides is 1. The van der Waals surface area contributed by atoms with Crippen molar-refractivity contribution in [3.05, 3.63) is 0 Å². The number of hydrogen-bond donors (Lipinski definition) is 1. The largest absolute Gasteiger partial charge is 0.351 e. The van der Waals surface area contributed by atoms with Crippen LogP contribution >= 0.6 is 15.9 Å². The first-order chi connectivity index (χ1) is 4.63. The predicted molar refractivity (Wildman–Crippen MR) is 38.6 cm³/mol. The molecule has 10 heavy (non-hydrogen) atoms. The van der Waals surface area contributed by atoms with Crippen LogP contribution in [-0.4, -0.2) is 28.2 Å². The van der Waals surface area contributed by atoms with Crippen molar-refractivity contribution in [3.8, 4) is 0 Å². The smallest absolute Gasteiger partial charge is 0.321 e. The predicted octanol–water partition coefficient (Wildman–Crippen LogP) is 0.0609. The number of likely N-dealkylation sites (tertiary alicyclic amines) is 1. The van der Waals surface area contributed by atoms with E-state index in [4.69, 9.17) is 5.73 Å². The molecule has 0 aliphatic carbocycles. The van der Waals surface area contributed by atoms with Crippen LogP contribution in [0.2, 0.25) is 0 Å². The Bertz CT molecular complexity index is 182. The lowest BCUT2D eigenvalue weighted by Crippen LogP contribution is -2.37. The van der Waals surface area contributed by atoms with Gasteiger partial charge in [-0.3, -0.25) is 9.69 Å². The van der Waals surface area contributed by atoms with E-state index in [0.29, 0.717) is 13.0 Å². The Balaban J connectivity index is 2.66. The zero-order valence-electron chi connectivity index (χ0n) is 5.21. The van der Waals surface area contributed by atoms with E-state index < -0.39 is 6.03 Å². The summed E-state index contributed by atoms with van der Waals surface area (Å²) in [6, 6.07) is -0.660. The molecule has 1 saturated heterocycles. The van der Waals surface area contributed by atoms with Crippen molar-refractivity contribution in [2.24, 2.45) is 5.73 Å². The topological polar surface area (TPSA) is 63.4 Å². The molecule has 3 amide bonds. The van der Waals surface area contributed by atoms with Crippen LogP contribution < -0.4 is 5.73 Å². The number of nitrogens with zero attached hydrogens (tertiary/aromatic N) is 1. The second-order valence-corrected chi connectivity index (χ2v) is 3.19. The van der Waals surface area contributed by atoms with Crippen LogP contribution in [0.1, 0.15) is 6.42 Å². The minimum atomic E-state index is -0.660. The highest BCUT2D eigenvalue weighted by atomic mass is 79.9. The average molecular weight is 207 g/mol. The van der Waals surface area contributed by atoms with Crippen molar-refractivity contribution >= 4 is 27.9 Å². The minimum Gasteiger partial charge on any atom is -0.351 e. The van der Waals surface area contributed by atoms with E-state index >= 15 is 0 Å². The molecule has 0 aromatic carbocycles. The van der Waals surface area contributed by atoms with Crippen molar-refractivity contribution in [2.45, 2.75) is 11.2 Å². The van der Waals surface area contributed by atoms with Crippen molar-refractivity contribution < 1.29 is 9.59 Å². The number of halogens is 1. The van der Waals surface area contributed by atoms with Gasteiger partial charge in [0.1, 0.15) is 0 Å². The minimum absolute atomic E-state index is 0.222. The van der Waals surface area contributed by atoms with Gasteiger partial charge in [-0.1, -0.05) is 15.9 Å². The molecule has 0 bridgehead atoms. The lowest BCUT2D eigenvalue weighted by atomic mass is 10.4. The normalized spacial score (nSPS) is 25.5. The second kappa shape index (κ2) is 2.57. The number of urea groups is 1. The van der Waals surface area contributed by atoms with Gasteiger partial charge in [-0.15, -0.1) is 0 Å². The van der Waals surface area contributed by atoms with E-state index in [0.717, 1.165) is 4.90 Å². The van der Waals surface area contributed by atoms with E-state index in [1.807, 2.05) is 0 Å². The summed E-state index contributed by atoms with van der Waals surface area (Å²) in [6.07, 6.45) is 0.655. The maximum atomic E-state index is 10.9.